The van der Waals surface area contributed by atoms with E-state index in [2.05, 4.69) is 43.1 Å². The molecule has 0 aliphatic carbocycles. The van der Waals surface area contributed by atoms with Crippen LogP contribution in [0.5, 0.6) is 5.75 Å². The monoisotopic (exact) mass is 205 g/mol. The van der Waals surface area contributed by atoms with Gasteiger partial charge in [-0.15, -0.1) is 0 Å². The van der Waals surface area contributed by atoms with Crippen LogP contribution in [-0.4, -0.2) is 31.6 Å². The molecule has 1 heterocycles. The van der Waals surface area contributed by atoms with E-state index in [1.165, 1.54) is 18.5 Å². The number of ether oxygens (including phenoxy) is 1. The van der Waals surface area contributed by atoms with Crippen LogP contribution in [0.1, 0.15) is 24.8 Å². The Morgan fingerprint density at radius 1 is 1.27 bits per heavy atom. The van der Waals surface area contributed by atoms with Gasteiger partial charge in [-0.1, -0.05) is 12.1 Å². The highest BCUT2D eigenvalue weighted by molar-refractivity contribution is 5.30. The fourth-order valence-corrected chi connectivity index (χ4v) is 2.39. The first kappa shape index (κ1) is 10.5. The van der Waals surface area contributed by atoms with Crippen LogP contribution >= 0.6 is 0 Å². The second-order valence-corrected chi connectivity index (χ2v) is 4.39. The van der Waals surface area contributed by atoms with E-state index in [1.54, 1.807) is 7.11 Å². The highest BCUT2D eigenvalue weighted by Gasteiger charge is 2.28. The third-order valence-electron chi connectivity index (χ3n) is 3.61. The quantitative estimate of drug-likeness (QED) is 0.735. The van der Waals surface area contributed by atoms with Crippen molar-refractivity contribution in [2.45, 2.75) is 25.3 Å². The Hall–Kier alpha value is -1.02. The van der Waals surface area contributed by atoms with Gasteiger partial charge in [-0.2, -0.15) is 0 Å². The van der Waals surface area contributed by atoms with Crippen LogP contribution in [0.15, 0.2) is 24.3 Å². The van der Waals surface area contributed by atoms with Gasteiger partial charge in [0, 0.05) is 12.0 Å². The molecule has 2 atom stereocenters. The fraction of sp³-hybridized carbons (Fsp3) is 0.538. The number of nitrogens with zero attached hydrogens (tertiary/aromatic N) is 1. The van der Waals surface area contributed by atoms with Gasteiger partial charge in [-0.3, -0.25) is 0 Å². The van der Waals surface area contributed by atoms with Crippen molar-refractivity contribution in [1.82, 2.24) is 4.90 Å². The Balaban J connectivity index is 2.16. The van der Waals surface area contributed by atoms with E-state index >= 15 is 0 Å². The van der Waals surface area contributed by atoms with Crippen LogP contribution in [-0.2, 0) is 0 Å². The van der Waals surface area contributed by atoms with Gasteiger partial charge in [0.05, 0.1) is 7.11 Å². The molecule has 2 nitrogen and oxygen atoms in total. The molecule has 0 bridgehead atoms. The molecule has 0 saturated carbocycles. The summed E-state index contributed by atoms with van der Waals surface area (Å²) in [7, 11) is 3.91. The first-order chi connectivity index (χ1) is 7.22. The molecule has 1 aromatic carbocycles. The number of likely N-dealkylation sites (tertiary alicyclic amines) is 1. The molecule has 0 radical (unpaired) electrons. The van der Waals surface area contributed by atoms with Crippen LogP contribution in [0.2, 0.25) is 0 Å². The molecular weight excluding hydrogens is 186 g/mol. The molecule has 0 amide bonds. The van der Waals surface area contributed by atoms with E-state index in [-0.39, 0.29) is 0 Å². The van der Waals surface area contributed by atoms with Gasteiger partial charge in [-0.25, -0.2) is 0 Å². The van der Waals surface area contributed by atoms with E-state index < -0.39 is 0 Å². The van der Waals surface area contributed by atoms with Crippen LogP contribution in [0, 0.1) is 0 Å². The normalized spacial score (nSPS) is 26.9. The number of hydrogen-bond donors (Lipinski definition) is 0. The second kappa shape index (κ2) is 4.23. The number of likely N-dealkylation sites (N-methyl/N-ethyl adjacent to an activating group) is 1. The predicted molar refractivity (Wildman–Crippen MR) is 62.4 cm³/mol. The molecule has 1 aromatic rings. The molecule has 0 aromatic heterocycles. The largest absolute Gasteiger partial charge is 0.497 e. The predicted octanol–water partition coefficient (Wildman–Crippen LogP) is 2.50. The molecule has 15 heavy (non-hydrogen) atoms. The molecule has 2 heteroatoms. The average molecular weight is 205 g/mol. The minimum atomic E-state index is 0.651. The van der Waals surface area contributed by atoms with Crippen LogP contribution in [0.25, 0.3) is 0 Å². The Bertz CT molecular complexity index is 320. The van der Waals surface area contributed by atoms with E-state index in [1.807, 2.05) is 0 Å². The Morgan fingerprint density at radius 2 is 1.93 bits per heavy atom. The molecule has 2 unspecified atom stereocenters. The minimum absolute atomic E-state index is 0.651. The van der Waals surface area contributed by atoms with Crippen molar-refractivity contribution >= 4 is 0 Å². The summed E-state index contributed by atoms with van der Waals surface area (Å²) < 4.78 is 5.17. The van der Waals surface area contributed by atoms with E-state index in [9.17, 15) is 0 Å². The van der Waals surface area contributed by atoms with Gasteiger partial charge in [-0.05, 0) is 44.6 Å². The van der Waals surface area contributed by atoms with Gasteiger partial charge in [0.2, 0.25) is 0 Å². The summed E-state index contributed by atoms with van der Waals surface area (Å²) in [5.74, 6) is 1.62. The summed E-state index contributed by atoms with van der Waals surface area (Å²) >= 11 is 0. The Kier molecular flexibility index (Phi) is 2.96. The summed E-state index contributed by atoms with van der Waals surface area (Å²) in [4.78, 5) is 2.43. The molecule has 0 spiro atoms. The maximum absolute atomic E-state index is 5.17. The maximum atomic E-state index is 5.17. The Labute approximate surface area is 91.9 Å². The van der Waals surface area contributed by atoms with Crippen molar-refractivity contribution in [1.29, 1.82) is 0 Å². The molecular formula is C13H19NO. The highest BCUT2D eigenvalue weighted by Crippen LogP contribution is 2.32. The lowest BCUT2D eigenvalue weighted by Gasteiger charge is -2.20. The number of rotatable bonds is 2. The zero-order valence-corrected chi connectivity index (χ0v) is 9.73. The molecule has 1 saturated heterocycles. The van der Waals surface area contributed by atoms with Crippen molar-refractivity contribution in [2.75, 3.05) is 20.7 Å². The van der Waals surface area contributed by atoms with Gasteiger partial charge in [0.15, 0.2) is 0 Å². The first-order valence-electron chi connectivity index (χ1n) is 5.56. The van der Waals surface area contributed by atoms with Gasteiger partial charge >= 0.3 is 0 Å². The number of methoxy groups -OCH3 is 1. The maximum Gasteiger partial charge on any atom is 0.118 e. The fourth-order valence-electron chi connectivity index (χ4n) is 2.39. The lowest BCUT2D eigenvalue weighted by Crippen LogP contribution is -2.24. The highest BCUT2D eigenvalue weighted by atomic mass is 16.5. The van der Waals surface area contributed by atoms with Gasteiger partial charge < -0.3 is 9.64 Å². The van der Waals surface area contributed by atoms with Crippen molar-refractivity contribution in [3.8, 4) is 5.75 Å². The van der Waals surface area contributed by atoms with E-state index in [4.69, 9.17) is 4.74 Å². The lowest BCUT2D eigenvalue weighted by molar-refractivity contribution is 0.318. The molecule has 0 N–H and O–H groups in total. The van der Waals surface area contributed by atoms with Gasteiger partial charge in [0.1, 0.15) is 5.75 Å². The SMILES string of the molecule is COc1ccc(C2CCN(C)C2C)cc1. The second-order valence-electron chi connectivity index (χ2n) is 4.39. The topological polar surface area (TPSA) is 12.5 Å². The summed E-state index contributed by atoms with van der Waals surface area (Å²) in [5, 5.41) is 0. The third-order valence-corrected chi connectivity index (χ3v) is 3.61. The van der Waals surface area contributed by atoms with Crippen molar-refractivity contribution in [3.05, 3.63) is 29.8 Å². The summed E-state index contributed by atoms with van der Waals surface area (Å²) in [6.07, 6.45) is 1.27. The van der Waals surface area contributed by atoms with Crippen LogP contribution in [0.4, 0.5) is 0 Å². The van der Waals surface area contributed by atoms with Crippen LogP contribution < -0.4 is 4.74 Å². The van der Waals surface area contributed by atoms with Crippen molar-refractivity contribution < 1.29 is 4.74 Å². The molecule has 1 aliphatic rings. The molecule has 2 rings (SSSR count). The molecule has 1 aliphatic heterocycles. The first-order valence-corrected chi connectivity index (χ1v) is 5.56. The standard InChI is InChI=1S/C13H19NO/c1-10-13(8-9-14(10)2)11-4-6-12(15-3)7-5-11/h4-7,10,13H,8-9H2,1-3H3. The Morgan fingerprint density at radius 3 is 2.40 bits per heavy atom. The summed E-state index contributed by atoms with van der Waals surface area (Å²) in [6.45, 7) is 3.51. The van der Waals surface area contributed by atoms with E-state index in [0.717, 1.165) is 5.75 Å². The summed E-state index contributed by atoms with van der Waals surface area (Å²) in [5.41, 5.74) is 1.44. The smallest absolute Gasteiger partial charge is 0.118 e. The van der Waals surface area contributed by atoms with Crippen molar-refractivity contribution in [3.63, 3.8) is 0 Å². The van der Waals surface area contributed by atoms with E-state index in [0.29, 0.717) is 12.0 Å². The minimum Gasteiger partial charge on any atom is -0.497 e. The van der Waals surface area contributed by atoms with Crippen molar-refractivity contribution in [2.24, 2.45) is 0 Å². The third kappa shape index (κ3) is 2.00. The lowest BCUT2D eigenvalue weighted by atomic mass is 9.93. The van der Waals surface area contributed by atoms with Crippen LogP contribution in [0.3, 0.4) is 0 Å². The van der Waals surface area contributed by atoms with Gasteiger partial charge in [0.25, 0.3) is 0 Å². The number of hydrogen-bond acceptors (Lipinski definition) is 2. The molecule has 82 valence electrons. The summed E-state index contributed by atoms with van der Waals surface area (Å²) in [6, 6.07) is 9.15. The average Bonchev–Trinajstić information content (AvgIpc) is 2.60. The molecule has 1 fully saturated rings. The zero-order valence-electron chi connectivity index (χ0n) is 9.73. The number of benzene rings is 1. The zero-order chi connectivity index (χ0) is 10.8.